The fourth-order valence-corrected chi connectivity index (χ4v) is 3.41. The molecule has 0 bridgehead atoms. The number of imide groups is 1. The van der Waals surface area contributed by atoms with Gasteiger partial charge >= 0.3 is 0 Å². The molecule has 0 radical (unpaired) electrons. The van der Waals surface area contributed by atoms with E-state index in [0.717, 1.165) is 16.7 Å². The molecule has 1 aliphatic heterocycles. The molecule has 27 heavy (non-hydrogen) atoms. The molecule has 0 saturated carbocycles. The van der Waals surface area contributed by atoms with Crippen LogP contribution in [0.4, 0.5) is 0 Å². The SMILES string of the molecule is O=C1C(c2ccccc2)=C(c2ccccc2)C(=O)N1CCc1ccccc1. The Kier molecular flexibility index (Phi) is 4.67. The van der Waals surface area contributed by atoms with Crippen LogP contribution in [0.25, 0.3) is 11.1 Å². The summed E-state index contributed by atoms with van der Waals surface area (Å²) in [5, 5.41) is 0. The van der Waals surface area contributed by atoms with E-state index in [1.54, 1.807) is 0 Å². The number of hydrogen-bond donors (Lipinski definition) is 0. The summed E-state index contributed by atoms with van der Waals surface area (Å²) in [5.74, 6) is -0.443. The van der Waals surface area contributed by atoms with Gasteiger partial charge in [0.2, 0.25) is 0 Å². The van der Waals surface area contributed by atoms with E-state index < -0.39 is 0 Å². The fraction of sp³-hybridized carbons (Fsp3) is 0.0833. The predicted octanol–water partition coefficient (Wildman–Crippen LogP) is 4.21. The largest absolute Gasteiger partial charge is 0.274 e. The van der Waals surface area contributed by atoms with Gasteiger partial charge in [0.15, 0.2) is 0 Å². The van der Waals surface area contributed by atoms with Crippen LogP contribution in [0.15, 0.2) is 91.0 Å². The third-order valence-electron chi connectivity index (χ3n) is 4.76. The molecule has 1 heterocycles. The first kappa shape index (κ1) is 17.0. The maximum Gasteiger partial charge on any atom is 0.262 e. The molecule has 0 aromatic heterocycles. The van der Waals surface area contributed by atoms with Crippen LogP contribution in [-0.2, 0) is 16.0 Å². The first-order valence-electron chi connectivity index (χ1n) is 9.01. The van der Waals surface area contributed by atoms with Crippen LogP contribution in [0.5, 0.6) is 0 Å². The van der Waals surface area contributed by atoms with Crippen LogP contribution < -0.4 is 0 Å². The Balaban J connectivity index is 1.71. The van der Waals surface area contributed by atoms with E-state index in [4.69, 9.17) is 0 Å². The molecule has 1 aliphatic rings. The van der Waals surface area contributed by atoms with E-state index >= 15 is 0 Å². The average molecular weight is 353 g/mol. The van der Waals surface area contributed by atoms with Gasteiger partial charge in [0.25, 0.3) is 11.8 Å². The van der Waals surface area contributed by atoms with Gasteiger partial charge in [-0.3, -0.25) is 14.5 Å². The van der Waals surface area contributed by atoms with Crippen molar-refractivity contribution in [3.05, 3.63) is 108 Å². The number of hydrogen-bond acceptors (Lipinski definition) is 2. The van der Waals surface area contributed by atoms with Crippen LogP contribution in [0.3, 0.4) is 0 Å². The highest BCUT2D eigenvalue weighted by atomic mass is 16.2. The Morgan fingerprint density at radius 1 is 0.556 bits per heavy atom. The molecule has 0 fully saturated rings. The molecule has 4 rings (SSSR count). The first-order chi connectivity index (χ1) is 13.3. The second kappa shape index (κ2) is 7.42. The summed E-state index contributed by atoms with van der Waals surface area (Å²) in [4.78, 5) is 27.7. The van der Waals surface area contributed by atoms with Crippen LogP contribution in [0, 0.1) is 0 Å². The van der Waals surface area contributed by atoms with E-state index in [9.17, 15) is 9.59 Å². The number of nitrogens with zero attached hydrogens (tertiary/aromatic N) is 1. The number of carbonyl (C=O) groups excluding carboxylic acids is 2. The van der Waals surface area contributed by atoms with Gasteiger partial charge < -0.3 is 0 Å². The normalized spacial score (nSPS) is 14.1. The summed E-state index contributed by atoms with van der Waals surface area (Å²) >= 11 is 0. The van der Waals surface area contributed by atoms with Gasteiger partial charge in [-0.15, -0.1) is 0 Å². The van der Waals surface area contributed by atoms with Crippen molar-refractivity contribution in [3.8, 4) is 0 Å². The van der Waals surface area contributed by atoms with Crippen molar-refractivity contribution in [1.29, 1.82) is 0 Å². The zero-order valence-corrected chi connectivity index (χ0v) is 14.8. The summed E-state index contributed by atoms with van der Waals surface area (Å²) in [6.07, 6.45) is 0.641. The highest BCUT2D eigenvalue weighted by molar-refractivity contribution is 6.48. The van der Waals surface area contributed by atoms with Crippen LogP contribution in [0.2, 0.25) is 0 Å². The third kappa shape index (κ3) is 3.32. The van der Waals surface area contributed by atoms with Gasteiger partial charge in [0.1, 0.15) is 0 Å². The molecule has 3 nitrogen and oxygen atoms in total. The minimum absolute atomic E-state index is 0.221. The van der Waals surface area contributed by atoms with E-state index in [2.05, 4.69) is 0 Å². The van der Waals surface area contributed by atoms with Crippen molar-refractivity contribution in [1.82, 2.24) is 4.90 Å². The minimum Gasteiger partial charge on any atom is -0.274 e. The lowest BCUT2D eigenvalue weighted by Crippen LogP contribution is -2.33. The maximum atomic E-state index is 13.2. The predicted molar refractivity (Wildman–Crippen MR) is 107 cm³/mol. The van der Waals surface area contributed by atoms with E-state index in [-0.39, 0.29) is 11.8 Å². The van der Waals surface area contributed by atoms with Crippen molar-refractivity contribution in [2.45, 2.75) is 6.42 Å². The van der Waals surface area contributed by atoms with Crippen molar-refractivity contribution in [3.63, 3.8) is 0 Å². The van der Waals surface area contributed by atoms with Gasteiger partial charge in [-0.1, -0.05) is 91.0 Å². The lowest BCUT2D eigenvalue weighted by molar-refractivity contribution is -0.135. The summed E-state index contributed by atoms with van der Waals surface area (Å²) < 4.78 is 0. The number of benzene rings is 3. The highest BCUT2D eigenvalue weighted by Crippen LogP contribution is 2.35. The van der Waals surface area contributed by atoms with Crippen LogP contribution >= 0.6 is 0 Å². The number of rotatable bonds is 5. The molecule has 0 unspecified atom stereocenters. The molecule has 0 atom stereocenters. The van der Waals surface area contributed by atoms with Crippen molar-refractivity contribution < 1.29 is 9.59 Å². The van der Waals surface area contributed by atoms with Gasteiger partial charge in [0.05, 0.1) is 11.1 Å². The third-order valence-corrected chi connectivity index (χ3v) is 4.76. The molecular weight excluding hydrogens is 334 g/mol. The smallest absolute Gasteiger partial charge is 0.262 e. The van der Waals surface area contributed by atoms with E-state index in [1.807, 2.05) is 91.0 Å². The molecular formula is C24H19NO2. The molecule has 0 saturated heterocycles. The molecule has 3 aromatic rings. The standard InChI is InChI=1S/C24H19NO2/c26-23-21(19-12-6-2-7-13-19)22(20-14-8-3-9-15-20)24(27)25(23)17-16-18-10-4-1-5-11-18/h1-15H,16-17H2. The van der Waals surface area contributed by atoms with Crippen molar-refractivity contribution >= 4 is 23.0 Å². The average Bonchev–Trinajstić information content (AvgIpc) is 2.98. The second-order valence-corrected chi connectivity index (χ2v) is 6.48. The molecule has 3 aromatic carbocycles. The molecule has 3 heteroatoms. The Morgan fingerprint density at radius 2 is 0.963 bits per heavy atom. The van der Waals surface area contributed by atoms with Crippen LogP contribution in [0.1, 0.15) is 16.7 Å². The maximum absolute atomic E-state index is 13.2. The van der Waals surface area contributed by atoms with Crippen molar-refractivity contribution in [2.24, 2.45) is 0 Å². The molecule has 132 valence electrons. The van der Waals surface area contributed by atoms with Gasteiger partial charge in [-0.2, -0.15) is 0 Å². The second-order valence-electron chi connectivity index (χ2n) is 6.48. The Hall–Kier alpha value is -3.46. The zero-order chi connectivity index (χ0) is 18.6. The molecule has 2 amide bonds. The summed E-state index contributed by atoms with van der Waals surface area (Å²) in [7, 11) is 0. The lowest BCUT2D eigenvalue weighted by atomic mass is 9.96. The summed E-state index contributed by atoms with van der Waals surface area (Å²) in [6.45, 7) is 0.369. The molecule has 0 N–H and O–H groups in total. The van der Waals surface area contributed by atoms with Gasteiger partial charge in [-0.25, -0.2) is 0 Å². The van der Waals surface area contributed by atoms with E-state index in [1.165, 1.54) is 4.90 Å². The van der Waals surface area contributed by atoms with Gasteiger partial charge in [-0.05, 0) is 23.1 Å². The Labute approximate surface area is 158 Å². The van der Waals surface area contributed by atoms with Crippen molar-refractivity contribution in [2.75, 3.05) is 6.54 Å². The van der Waals surface area contributed by atoms with Gasteiger partial charge in [0, 0.05) is 6.54 Å². The van der Waals surface area contributed by atoms with E-state index in [0.29, 0.717) is 24.1 Å². The fourth-order valence-electron chi connectivity index (χ4n) is 3.41. The topological polar surface area (TPSA) is 37.4 Å². The molecule has 0 aliphatic carbocycles. The lowest BCUT2D eigenvalue weighted by Gasteiger charge is -2.15. The number of amides is 2. The molecule has 0 spiro atoms. The van der Waals surface area contributed by atoms with Crippen LogP contribution in [-0.4, -0.2) is 23.3 Å². The quantitative estimate of drug-likeness (QED) is 0.645. The highest BCUT2D eigenvalue weighted by Gasteiger charge is 2.38. The summed E-state index contributed by atoms with van der Waals surface area (Å²) in [5.41, 5.74) is 3.63. The minimum atomic E-state index is -0.221. The Bertz CT molecular complexity index is 931. The monoisotopic (exact) mass is 353 g/mol. The zero-order valence-electron chi connectivity index (χ0n) is 14.8. The first-order valence-corrected chi connectivity index (χ1v) is 9.01. The number of carbonyl (C=O) groups is 2. The summed E-state index contributed by atoms with van der Waals surface area (Å²) in [6, 6.07) is 28.8. The Morgan fingerprint density at radius 3 is 1.41 bits per heavy atom.